The van der Waals surface area contributed by atoms with Gasteiger partial charge < -0.3 is 28.7 Å². The van der Waals surface area contributed by atoms with Crippen molar-refractivity contribution in [2.75, 3.05) is 25.1 Å². The molecule has 1 aromatic heterocycles. The average molecular weight is 445 g/mol. The van der Waals surface area contributed by atoms with Crippen LogP contribution in [-0.4, -0.2) is 37.3 Å². The van der Waals surface area contributed by atoms with Gasteiger partial charge >= 0.3 is 0 Å². The van der Waals surface area contributed by atoms with Crippen LogP contribution in [0, 0.1) is 6.92 Å². The fourth-order valence-electron chi connectivity index (χ4n) is 3.31. The molecule has 0 aliphatic carbocycles. The maximum absolute atomic E-state index is 11.5. The third-order valence-electron chi connectivity index (χ3n) is 5.21. The van der Waals surface area contributed by atoms with Crippen LogP contribution in [0.4, 0.5) is 6.01 Å². The number of aromatic nitrogens is 1. The van der Waals surface area contributed by atoms with Gasteiger partial charge in [0.15, 0.2) is 5.58 Å². The van der Waals surface area contributed by atoms with Crippen LogP contribution in [0.3, 0.4) is 0 Å². The molecule has 1 unspecified atom stereocenters. The highest BCUT2D eigenvalue weighted by atomic mass is 16.5. The number of benzene rings is 3. The topological polar surface area (TPSA) is 87.9 Å². The van der Waals surface area contributed by atoms with Gasteiger partial charge in [-0.25, -0.2) is 0 Å². The molecule has 4 rings (SSSR count). The lowest BCUT2D eigenvalue weighted by Crippen LogP contribution is -2.41. The Labute approximate surface area is 192 Å². The van der Waals surface area contributed by atoms with Crippen molar-refractivity contribution in [2.24, 2.45) is 0 Å². The van der Waals surface area contributed by atoms with E-state index in [0.29, 0.717) is 30.7 Å². The van der Waals surface area contributed by atoms with Gasteiger partial charge in [0, 0.05) is 13.5 Å². The lowest BCUT2D eigenvalue weighted by atomic mass is 10.1. The molecule has 0 aliphatic rings. The molecule has 7 nitrogen and oxygen atoms in total. The molecule has 0 saturated carbocycles. The Kier molecular flexibility index (Phi) is 6.78. The molecule has 0 saturated heterocycles. The van der Waals surface area contributed by atoms with Gasteiger partial charge in [-0.05, 0) is 48.9 Å². The first-order valence-corrected chi connectivity index (χ1v) is 10.7. The minimum absolute atomic E-state index is 0.191. The summed E-state index contributed by atoms with van der Waals surface area (Å²) >= 11 is 0. The number of para-hydroxylation sites is 2. The summed E-state index contributed by atoms with van der Waals surface area (Å²) in [7, 11) is 1.89. The lowest BCUT2D eigenvalue weighted by molar-refractivity contribution is -0.313. The highest BCUT2D eigenvalue weighted by Crippen LogP contribution is 2.21. The molecule has 1 atom stereocenters. The Morgan fingerprint density at radius 3 is 2.42 bits per heavy atom. The number of likely N-dealkylation sites (N-methyl/N-ethyl adjacent to an activating group) is 1. The SMILES string of the molecule is Cc1ccc(OC(Cc2ccc(OCCN(C)c3nc4ccccc4o3)cc2)C(=O)[O-])cc1. The van der Waals surface area contributed by atoms with Crippen LogP contribution in [0.1, 0.15) is 11.1 Å². The van der Waals surface area contributed by atoms with Crippen LogP contribution in [0.2, 0.25) is 0 Å². The van der Waals surface area contributed by atoms with Crippen molar-refractivity contribution in [3.05, 3.63) is 83.9 Å². The standard InChI is InChI=1S/C26H26N2O5/c1-18-7-11-21(12-8-18)32-24(25(29)30)17-19-9-13-20(14-10-19)31-16-15-28(2)26-27-22-5-3-4-6-23(22)33-26/h3-14,24H,15-17H2,1-2H3,(H,29,30)/p-1. The van der Waals surface area contributed by atoms with E-state index in [4.69, 9.17) is 13.9 Å². The number of fused-ring (bicyclic) bond motifs is 1. The number of oxazole rings is 1. The Balaban J connectivity index is 1.29. The first-order chi connectivity index (χ1) is 16.0. The molecule has 0 N–H and O–H groups in total. The molecule has 33 heavy (non-hydrogen) atoms. The highest BCUT2D eigenvalue weighted by molar-refractivity contribution is 5.74. The van der Waals surface area contributed by atoms with Gasteiger partial charge in [-0.3, -0.25) is 0 Å². The first-order valence-electron chi connectivity index (χ1n) is 10.7. The van der Waals surface area contributed by atoms with E-state index >= 15 is 0 Å². The predicted molar refractivity (Wildman–Crippen MR) is 124 cm³/mol. The molecular weight excluding hydrogens is 420 g/mol. The normalized spacial score (nSPS) is 11.8. The van der Waals surface area contributed by atoms with Crippen LogP contribution in [0.15, 0.2) is 77.2 Å². The summed E-state index contributed by atoms with van der Waals surface area (Å²) in [5.74, 6) is -0.0647. The molecule has 170 valence electrons. The summed E-state index contributed by atoms with van der Waals surface area (Å²) in [6.07, 6.45) is -0.888. The number of carboxylic acid groups (broad SMARTS) is 1. The molecule has 0 fully saturated rings. The van der Waals surface area contributed by atoms with E-state index in [9.17, 15) is 9.90 Å². The van der Waals surface area contributed by atoms with Crippen LogP contribution in [-0.2, 0) is 11.2 Å². The molecule has 0 aliphatic heterocycles. The number of hydrogen-bond acceptors (Lipinski definition) is 7. The predicted octanol–water partition coefficient (Wildman–Crippen LogP) is 3.39. The number of nitrogens with zero attached hydrogens (tertiary/aromatic N) is 2. The second-order valence-electron chi connectivity index (χ2n) is 7.82. The number of carbonyl (C=O) groups excluding carboxylic acids is 1. The van der Waals surface area contributed by atoms with Gasteiger partial charge in [0.25, 0.3) is 6.01 Å². The van der Waals surface area contributed by atoms with E-state index in [1.807, 2.05) is 79.5 Å². The lowest BCUT2D eigenvalue weighted by Gasteiger charge is -2.20. The number of anilines is 1. The van der Waals surface area contributed by atoms with Crippen molar-refractivity contribution < 1.29 is 23.8 Å². The number of carboxylic acids is 1. The molecule has 3 aromatic carbocycles. The van der Waals surface area contributed by atoms with E-state index in [1.54, 1.807) is 12.1 Å². The molecule has 0 spiro atoms. The minimum atomic E-state index is -1.25. The van der Waals surface area contributed by atoms with Gasteiger partial charge in [0.05, 0.1) is 12.5 Å². The Hall–Kier alpha value is -4.00. The van der Waals surface area contributed by atoms with Crippen LogP contribution in [0.25, 0.3) is 11.1 Å². The second-order valence-corrected chi connectivity index (χ2v) is 7.82. The van der Waals surface area contributed by atoms with E-state index in [2.05, 4.69) is 4.98 Å². The Morgan fingerprint density at radius 2 is 1.73 bits per heavy atom. The summed E-state index contributed by atoms with van der Waals surface area (Å²) in [6, 6.07) is 22.7. The van der Waals surface area contributed by atoms with Crippen LogP contribution >= 0.6 is 0 Å². The summed E-state index contributed by atoms with van der Waals surface area (Å²) in [5.41, 5.74) is 3.45. The van der Waals surface area contributed by atoms with Gasteiger partial charge in [-0.15, -0.1) is 0 Å². The summed E-state index contributed by atoms with van der Waals surface area (Å²) in [6.45, 7) is 2.98. The first kappa shape index (κ1) is 22.2. The number of hydrogen-bond donors (Lipinski definition) is 0. The zero-order valence-corrected chi connectivity index (χ0v) is 18.6. The quantitative estimate of drug-likeness (QED) is 0.370. The van der Waals surface area contributed by atoms with E-state index < -0.39 is 12.1 Å². The largest absolute Gasteiger partial charge is 0.546 e. The minimum Gasteiger partial charge on any atom is -0.546 e. The smallest absolute Gasteiger partial charge is 0.298 e. The van der Waals surface area contributed by atoms with Crippen LogP contribution in [0.5, 0.6) is 11.5 Å². The number of aryl methyl sites for hydroxylation is 1. The molecule has 4 aromatic rings. The van der Waals surface area contributed by atoms with Crippen molar-refractivity contribution in [1.29, 1.82) is 0 Å². The van der Waals surface area contributed by atoms with Gasteiger partial charge in [-0.1, -0.05) is 42.0 Å². The maximum Gasteiger partial charge on any atom is 0.298 e. The van der Waals surface area contributed by atoms with E-state index in [1.165, 1.54) is 0 Å². The summed E-state index contributed by atoms with van der Waals surface area (Å²) < 4.78 is 17.2. The van der Waals surface area contributed by atoms with Gasteiger partial charge in [-0.2, -0.15) is 4.98 Å². The fourth-order valence-corrected chi connectivity index (χ4v) is 3.31. The highest BCUT2D eigenvalue weighted by Gasteiger charge is 2.14. The van der Waals surface area contributed by atoms with Crippen molar-refractivity contribution in [2.45, 2.75) is 19.4 Å². The van der Waals surface area contributed by atoms with Gasteiger partial charge in [0.1, 0.15) is 29.7 Å². The summed E-state index contributed by atoms with van der Waals surface area (Å²) in [4.78, 5) is 17.9. The van der Waals surface area contributed by atoms with E-state index in [-0.39, 0.29) is 6.42 Å². The number of carbonyl (C=O) groups is 1. The van der Waals surface area contributed by atoms with Crippen LogP contribution < -0.4 is 19.5 Å². The third-order valence-corrected chi connectivity index (χ3v) is 5.21. The van der Waals surface area contributed by atoms with Crippen molar-refractivity contribution >= 4 is 23.1 Å². The third kappa shape index (κ3) is 5.83. The van der Waals surface area contributed by atoms with Crippen molar-refractivity contribution in [1.82, 2.24) is 4.98 Å². The molecule has 0 bridgehead atoms. The molecular formula is C26H25N2O5-. The zero-order valence-electron chi connectivity index (χ0n) is 18.6. The number of rotatable bonds is 10. The van der Waals surface area contributed by atoms with Gasteiger partial charge in [0.2, 0.25) is 0 Å². The monoisotopic (exact) mass is 445 g/mol. The second kappa shape index (κ2) is 10.1. The molecule has 0 radical (unpaired) electrons. The Bertz CT molecular complexity index is 1170. The molecule has 1 heterocycles. The van der Waals surface area contributed by atoms with E-state index in [0.717, 1.165) is 22.2 Å². The molecule has 7 heteroatoms. The maximum atomic E-state index is 11.5. The fraction of sp³-hybridized carbons (Fsp3) is 0.231. The zero-order chi connectivity index (χ0) is 23.2. The molecule has 0 amide bonds. The number of ether oxygens (including phenoxy) is 2. The van der Waals surface area contributed by atoms with Crippen molar-refractivity contribution in [3.8, 4) is 11.5 Å². The average Bonchev–Trinajstić information content (AvgIpc) is 3.25. The van der Waals surface area contributed by atoms with Crippen molar-refractivity contribution in [3.63, 3.8) is 0 Å². The Morgan fingerprint density at radius 1 is 1.03 bits per heavy atom. The number of aliphatic carboxylic acids is 1. The summed E-state index contributed by atoms with van der Waals surface area (Å²) in [5, 5.41) is 11.5.